The lowest BCUT2D eigenvalue weighted by molar-refractivity contribution is -0.141. The van der Waals surface area contributed by atoms with Crippen molar-refractivity contribution in [3.63, 3.8) is 0 Å². The minimum Gasteiger partial charge on any atom is -0.377 e. The first-order valence-corrected chi connectivity index (χ1v) is 13.7. The van der Waals surface area contributed by atoms with Gasteiger partial charge in [0.15, 0.2) is 5.65 Å². The number of nitrogens with zero attached hydrogens (tertiary/aromatic N) is 7. The molecule has 2 fully saturated rings. The Bertz CT molecular complexity index is 1360. The fourth-order valence-corrected chi connectivity index (χ4v) is 5.90. The topological polar surface area (TPSA) is 85.6 Å². The molecule has 218 valence electrons. The van der Waals surface area contributed by atoms with Crippen LogP contribution < -0.4 is 10.2 Å². The number of likely N-dealkylation sites (N-methyl/N-ethyl adjacent to an activating group) is 2. The number of piperidine rings is 1. The van der Waals surface area contributed by atoms with E-state index >= 15 is 0 Å². The quantitative estimate of drug-likeness (QED) is 0.309. The van der Waals surface area contributed by atoms with Gasteiger partial charge in [-0.05, 0) is 71.4 Å². The van der Waals surface area contributed by atoms with Crippen molar-refractivity contribution >= 4 is 40.1 Å². The standard InChI is InChI=1S/C26H33ClF4N8O/c1-15-21-22(32-19-7-6-16(27)13-18(19)28)33-25(34-23(21)39(35-15)14-26(29,30)31)38-11-8-17(9-12-38)37(3)24(40)20-5-4-10-36(20)2/h6-7,13,17,20,24,40H,4-5,8-12,14H2,1-3H3,(H,32,33,34). The predicted molar refractivity (Wildman–Crippen MR) is 145 cm³/mol. The lowest BCUT2D eigenvalue weighted by atomic mass is 10.0. The largest absolute Gasteiger partial charge is 0.408 e. The molecule has 0 bridgehead atoms. The number of alkyl halides is 3. The van der Waals surface area contributed by atoms with Crippen molar-refractivity contribution in [3.05, 3.63) is 34.7 Å². The molecule has 0 saturated carbocycles. The van der Waals surface area contributed by atoms with Crippen LogP contribution in [0.4, 0.5) is 35.0 Å². The molecule has 2 unspecified atom stereocenters. The summed E-state index contributed by atoms with van der Waals surface area (Å²) < 4.78 is 55.6. The molecule has 3 aromatic rings. The van der Waals surface area contributed by atoms with E-state index in [1.165, 1.54) is 12.1 Å². The Morgan fingerprint density at radius 1 is 1.18 bits per heavy atom. The number of benzene rings is 1. The summed E-state index contributed by atoms with van der Waals surface area (Å²) in [5.74, 6) is -0.243. The van der Waals surface area contributed by atoms with E-state index in [-0.39, 0.29) is 51.3 Å². The Balaban J connectivity index is 1.43. The van der Waals surface area contributed by atoms with Crippen molar-refractivity contribution in [1.29, 1.82) is 0 Å². The third-order valence-corrected chi connectivity index (χ3v) is 8.17. The van der Waals surface area contributed by atoms with Crippen molar-refractivity contribution < 1.29 is 22.7 Å². The average Bonchev–Trinajstić information content (AvgIpc) is 3.46. The van der Waals surface area contributed by atoms with Crippen LogP contribution in [0, 0.1) is 12.7 Å². The van der Waals surface area contributed by atoms with Crippen LogP contribution in [-0.4, -0.2) is 92.9 Å². The zero-order chi connectivity index (χ0) is 28.8. The maximum Gasteiger partial charge on any atom is 0.408 e. The minimum atomic E-state index is -4.51. The smallest absolute Gasteiger partial charge is 0.377 e. The zero-order valence-electron chi connectivity index (χ0n) is 22.6. The molecule has 4 heterocycles. The first-order valence-electron chi connectivity index (χ1n) is 13.3. The van der Waals surface area contributed by atoms with Crippen molar-refractivity contribution in [1.82, 2.24) is 29.5 Å². The number of aromatic nitrogens is 4. The molecule has 0 amide bonds. The lowest BCUT2D eigenvalue weighted by Crippen LogP contribution is -2.53. The zero-order valence-corrected chi connectivity index (χ0v) is 23.3. The van der Waals surface area contributed by atoms with E-state index in [0.29, 0.717) is 25.9 Å². The number of nitrogens with one attached hydrogen (secondary N) is 1. The molecule has 0 radical (unpaired) electrons. The summed E-state index contributed by atoms with van der Waals surface area (Å²) in [6.45, 7) is 2.29. The molecule has 2 N–H and O–H groups in total. The number of aryl methyl sites for hydroxylation is 1. The van der Waals surface area contributed by atoms with Crippen LogP contribution in [0.15, 0.2) is 18.2 Å². The number of aliphatic hydroxyl groups excluding tert-OH is 1. The second-order valence-electron chi connectivity index (χ2n) is 10.7. The summed E-state index contributed by atoms with van der Waals surface area (Å²) in [5.41, 5.74) is 0.369. The first-order chi connectivity index (χ1) is 18.9. The number of fused-ring (bicyclic) bond motifs is 1. The molecule has 1 aromatic carbocycles. The van der Waals surface area contributed by atoms with E-state index in [1.54, 1.807) is 6.92 Å². The lowest BCUT2D eigenvalue weighted by Gasteiger charge is -2.41. The number of aliphatic hydroxyl groups is 1. The number of rotatable bonds is 7. The number of halogens is 5. The van der Waals surface area contributed by atoms with E-state index in [9.17, 15) is 22.7 Å². The van der Waals surface area contributed by atoms with Crippen LogP contribution in [0.25, 0.3) is 11.0 Å². The number of anilines is 3. The van der Waals surface area contributed by atoms with Crippen LogP contribution in [0.2, 0.25) is 5.02 Å². The van der Waals surface area contributed by atoms with Gasteiger partial charge < -0.3 is 15.3 Å². The Morgan fingerprint density at radius 3 is 2.52 bits per heavy atom. The van der Waals surface area contributed by atoms with E-state index < -0.39 is 24.8 Å². The molecule has 2 aliphatic rings. The molecule has 5 rings (SSSR count). The molecule has 40 heavy (non-hydrogen) atoms. The van der Waals surface area contributed by atoms with Crippen LogP contribution in [0.3, 0.4) is 0 Å². The summed E-state index contributed by atoms with van der Waals surface area (Å²) in [4.78, 5) is 15.3. The molecule has 2 aliphatic heterocycles. The van der Waals surface area contributed by atoms with E-state index in [1.807, 2.05) is 23.9 Å². The SMILES string of the molecule is Cc1nn(CC(F)(F)F)c2nc(N3CCC(N(C)C(O)C4CCCN4C)CC3)nc(Nc3ccc(Cl)cc3F)c12. The van der Waals surface area contributed by atoms with Crippen LogP contribution in [0.5, 0.6) is 0 Å². The molecule has 14 heteroatoms. The minimum absolute atomic E-state index is 0.00984. The molecular formula is C26H33ClF4N8O. The third kappa shape index (κ3) is 5.97. The molecule has 0 aliphatic carbocycles. The van der Waals surface area contributed by atoms with Crippen molar-refractivity contribution in [3.8, 4) is 0 Å². The number of likely N-dealkylation sites (tertiary alicyclic amines) is 1. The van der Waals surface area contributed by atoms with Gasteiger partial charge >= 0.3 is 6.18 Å². The maximum absolute atomic E-state index is 14.6. The van der Waals surface area contributed by atoms with E-state index in [2.05, 4.69) is 25.3 Å². The van der Waals surface area contributed by atoms with Gasteiger partial charge in [0.2, 0.25) is 5.95 Å². The highest BCUT2D eigenvalue weighted by Gasteiger charge is 2.35. The Kier molecular flexibility index (Phi) is 8.10. The number of hydrogen-bond acceptors (Lipinski definition) is 8. The summed E-state index contributed by atoms with van der Waals surface area (Å²) >= 11 is 5.89. The molecule has 2 atom stereocenters. The highest BCUT2D eigenvalue weighted by atomic mass is 35.5. The van der Waals surface area contributed by atoms with Gasteiger partial charge in [-0.15, -0.1) is 0 Å². The van der Waals surface area contributed by atoms with Gasteiger partial charge in [0, 0.05) is 30.2 Å². The molecule has 2 aromatic heterocycles. The molecule has 9 nitrogen and oxygen atoms in total. The van der Waals surface area contributed by atoms with Gasteiger partial charge in [0.1, 0.15) is 24.4 Å². The summed E-state index contributed by atoms with van der Waals surface area (Å²) in [7, 11) is 3.96. The fourth-order valence-electron chi connectivity index (χ4n) is 5.74. The number of hydrogen-bond donors (Lipinski definition) is 2. The summed E-state index contributed by atoms with van der Waals surface area (Å²) in [6, 6.07) is 4.30. The maximum atomic E-state index is 14.6. The normalized spacial score (nSPS) is 20.1. The third-order valence-electron chi connectivity index (χ3n) is 7.93. The van der Waals surface area contributed by atoms with Crippen molar-refractivity contribution in [2.45, 2.75) is 63.6 Å². The highest BCUT2D eigenvalue weighted by molar-refractivity contribution is 6.30. The summed E-state index contributed by atoms with van der Waals surface area (Å²) in [6.07, 6.45) is -1.67. The van der Waals surface area contributed by atoms with Crippen molar-refractivity contribution in [2.24, 2.45) is 0 Å². The molecular weight excluding hydrogens is 552 g/mol. The predicted octanol–water partition coefficient (Wildman–Crippen LogP) is 4.55. The highest BCUT2D eigenvalue weighted by Crippen LogP contribution is 2.33. The van der Waals surface area contributed by atoms with Crippen LogP contribution in [-0.2, 0) is 6.54 Å². The van der Waals surface area contributed by atoms with Gasteiger partial charge in [-0.2, -0.15) is 28.2 Å². The monoisotopic (exact) mass is 584 g/mol. The molecule has 2 saturated heterocycles. The second-order valence-corrected chi connectivity index (χ2v) is 11.1. The van der Waals surface area contributed by atoms with Crippen LogP contribution >= 0.6 is 11.6 Å². The Hall–Kier alpha value is -2.74. The van der Waals surface area contributed by atoms with Crippen molar-refractivity contribution in [2.75, 3.05) is 43.9 Å². The van der Waals surface area contributed by atoms with Gasteiger partial charge in [0.05, 0.1) is 16.8 Å². The van der Waals surface area contributed by atoms with Gasteiger partial charge in [-0.1, -0.05) is 11.6 Å². The van der Waals surface area contributed by atoms with Gasteiger partial charge in [-0.25, -0.2) is 9.07 Å². The fraction of sp³-hybridized carbons (Fsp3) is 0.577. The Morgan fingerprint density at radius 2 is 1.90 bits per heavy atom. The average molecular weight is 585 g/mol. The van der Waals surface area contributed by atoms with E-state index in [4.69, 9.17) is 11.6 Å². The second kappa shape index (κ2) is 11.3. The van der Waals surface area contributed by atoms with Crippen LogP contribution in [0.1, 0.15) is 31.4 Å². The summed E-state index contributed by atoms with van der Waals surface area (Å²) in [5, 5.41) is 18.5. The van der Waals surface area contributed by atoms with Gasteiger partial charge in [-0.3, -0.25) is 9.80 Å². The van der Waals surface area contributed by atoms with E-state index in [0.717, 1.165) is 30.1 Å². The first kappa shape index (κ1) is 28.8. The Labute approximate surface area is 234 Å². The molecule has 0 spiro atoms. The van der Waals surface area contributed by atoms with Gasteiger partial charge in [0.25, 0.3) is 0 Å².